The van der Waals surface area contributed by atoms with Crippen molar-refractivity contribution in [1.82, 2.24) is 10.2 Å². The zero-order valence-electron chi connectivity index (χ0n) is 27.9. The Labute approximate surface area is 292 Å². The van der Waals surface area contributed by atoms with Gasteiger partial charge in [-0.05, 0) is 67.8 Å². The van der Waals surface area contributed by atoms with Crippen molar-refractivity contribution in [3.8, 4) is 11.5 Å². The average Bonchev–Trinajstić information content (AvgIpc) is 3.08. The molecule has 4 aromatic rings. The first-order valence-corrected chi connectivity index (χ1v) is 17.9. The summed E-state index contributed by atoms with van der Waals surface area (Å²) in [5.41, 5.74) is 2.62. The highest BCUT2D eigenvalue weighted by Crippen LogP contribution is 2.36. The van der Waals surface area contributed by atoms with Crippen molar-refractivity contribution in [1.29, 1.82) is 0 Å². The lowest BCUT2D eigenvalue weighted by atomic mass is 10.0. The molecule has 48 heavy (non-hydrogen) atoms. The highest BCUT2D eigenvalue weighted by molar-refractivity contribution is 9.10. The van der Waals surface area contributed by atoms with Gasteiger partial charge in [-0.25, -0.2) is 8.42 Å². The van der Waals surface area contributed by atoms with E-state index in [1.165, 1.54) is 37.3 Å². The van der Waals surface area contributed by atoms with Crippen LogP contribution in [0.4, 0.5) is 5.69 Å². The molecule has 0 saturated heterocycles. The van der Waals surface area contributed by atoms with Gasteiger partial charge in [-0.2, -0.15) is 0 Å². The van der Waals surface area contributed by atoms with Crippen LogP contribution in [0.15, 0.2) is 106 Å². The summed E-state index contributed by atoms with van der Waals surface area (Å²) in [6, 6.07) is 27.0. The molecule has 2 amide bonds. The number of methoxy groups -OCH3 is 2. The van der Waals surface area contributed by atoms with Gasteiger partial charge in [0, 0.05) is 29.5 Å². The first kappa shape index (κ1) is 36.5. The third-order valence-electron chi connectivity index (χ3n) is 8.06. The maximum atomic E-state index is 14.7. The van der Waals surface area contributed by atoms with Crippen molar-refractivity contribution < 1.29 is 27.5 Å². The highest BCUT2D eigenvalue weighted by Gasteiger charge is 2.36. The molecule has 0 aliphatic heterocycles. The highest BCUT2D eigenvalue weighted by atomic mass is 79.9. The molecule has 0 saturated carbocycles. The number of ether oxygens (including phenoxy) is 2. The molecule has 0 fully saturated rings. The molecule has 0 aromatic heterocycles. The lowest BCUT2D eigenvalue weighted by Gasteiger charge is -2.34. The fourth-order valence-electron chi connectivity index (χ4n) is 5.17. The fraction of sp³-hybridized carbons (Fsp3) is 0.297. The summed E-state index contributed by atoms with van der Waals surface area (Å²) >= 11 is 3.51. The maximum absolute atomic E-state index is 14.7. The maximum Gasteiger partial charge on any atom is 0.264 e. The number of carbonyl (C=O) groups is 2. The van der Waals surface area contributed by atoms with Crippen molar-refractivity contribution >= 4 is 43.5 Å². The number of anilines is 1. The number of benzene rings is 4. The van der Waals surface area contributed by atoms with Crippen molar-refractivity contribution in [2.45, 2.75) is 57.1 Å². The van der Waals surface area contributed by atoms with Gasteiger partial charge in [-0.3, -0.25) is 13.9 Å². The summed E-state index contributed by atoms with van der Waals surface area (Å²) in [7, 11) is -1.42. The Balaban J connectivity index is 1.87. The second kappa shape index (κ2) is 16.7. The van der Waals surface area contributed by atoms with E-state index < -0.39 is 28.5 Å². The number of hydrogen-bond acceptors (Lipinski definition) is 6. The molecule has 9 nitrogen and oxygen atoms in total. The predicted molar refractivity (Wildman–Crippen MR) is 192 cm³/mol. The summed E-state index contributed by atoms with van der Waals surface area (Å²) in [5, 5.41) is 3.05. The molecular weight excluding hydrogens is 694 g/mol. The molecule has 0 unspecified atom stereocenters. The molecule has 0 radical (unpaired) electrons. The van der Waals surface area contributed by atoms with E-state index in [2.05, 4.69) is 21.2 Å². The van der Waals surface area contributed by atoms with E-state index in [1.807, 2.05) is 75.4 Å². The van der Waals surface area contributed by atoms with Crippen molar-refractivity contribution in [2.24, 2.45) is 0 Å². The second-order valence-electron chi connectivity index (χ2n) is 11.5. The van der Waals surface area contributed by atoms with Crippen LogP contribution in [-0.4, -0.2) is 58.0 Å². The number of carbonyl (C=O) groups excluding carboxylic acids is 2. The average molecular weight is 737 g/mol. The van der Waals surface area contributed by atoms with Gasteiger partial charge >= 0.3 is 0 Å². The number of sulfonamides is 1. The van der Waals surface area contributed by atoms with E-state index in [0.717, 1.165) is 25.5 Å². The monoisotopic (exact) mass is 735 g/mol. The Hall–Kier alpha value is -4.35. The van der Waals surface area contributed by atoms with Crippen LogP contribution in [0, 0.1) is 6.92 Å². The standard InChI is InChI=1S/C37H42BrN3O6S/c1-6-27(3)39-37(43)34(22-28-11-8-7-9-12-28)40(24-29-13-10-14-30(38)21-29)36(42)25-41(33-23-31(46-4)17-20-35(33)47-5)48(44,45)32-18-15-26(2)16-19-32/h7-21,23,27,34H,6,22,24-25H2,1-5H3,(H,39,43)/t27-,34+/m0/s1. The third-order valence-corrected chi connectivity index (χ3v) is 10.3. The molecule has 1 N–H and O–H groups in total. The van der Waals surface area contributed by atoms with Gasteiger partial charge in [0.15, 0.2) is 0 Å². The number of nitrogens with one attached hydrogen (secondary N) is 1. The Morgan fingerprint density at radius 2 is 1.56 bits per heavy atom. The molecule has 0 aliphatic rings. The van der Waals surface area contributed by atoms with Crippen molar-refractivity contribution in [3.05, 3.63) is 118 Å². The normalized spacial score (nSPS) is 12.5. The lowest BCUT2D eigenvalue weighted by Crippen LogP contribution is -2.54. The quantitative estimate of drug-likeness (QED) is 0.149. The Bertz CT molecular complexity index is 1800. The zero-order chi connectivity index (χ0) is 34.8. The van der Waals surface area contributed by atoms with Crippen LogP contribution in [0.3, 0.4) is 0 Å². The van der Waals surface area contributed by atoms with Crippen LogP contribution in [0.5, 0.6) is 11.5 Å². The van der Waals surface area contributed by atoms with Gasteiger partial charge < -0.3 is 19.7 Å². The SMILES string of the molecule is CC[C@H](C)NC(=O)[C@@H](Cc1ccccc1)N(Cc1cccc(Br)c1)C(=O)CN(c1cc(OC)ccc1OC)S(=O)(=O)c1ccc(C)cc1. The van der Waals surface area contributed by atoms with E-state index in [1.54, 1.807) is 24.3 Å². The fourth-order valence-corrected chi connectivity index (χ4v) is 7.03. The van der Waals surface area contributed by atoms with Gasteiger partial charge in [0.05, 0.1) is 24.8 Å². The van der Waals surface area contributed by atoms with E-state index in [9.17, 15) is 18.0 Å². The smallest absolute Gasteiger partial charge is 0.264 e. The number of rotatable bonds is 15. The van der Waals surface area contributed by atoms with E-state index >= 15 is 0 Å². The third kappa shape index (κ3) is 9.17. The molecule has 4 aromatic carbocycles. The van der Waals surface area contributed by atoms with Gasteiger partial charge in [-0.1, -0.05) is 83.0 Å². The van der Waals surface area contributed by atoms with Crippen LogP contribution >= 0.6 is 15.9 Å². The van der Waals surface area contributed by atoms with E-state index in [0.29, 0.717) is 12.2 Å². The predicted octanol–water partition coefficient (Wildman–Crippen LogP) is 6.52. The second-order valence-corrected chi connectivity index (χ2v) is 14.3. The summed E-state index contributed by atoms with van der Waals surface area (Å²) in [4.78, 5) is 30.2. The molecule has 4 rings (SSSR count). The van der Waals surface area contributed by atoms with E-state index in [-0.39, 0.29) is 41.2 Å². The van der Waals surface area contributed by atoms with Crippen LogP contribution in [0.2, 0.25) is 0 Å². The molecule has 2 atom stereocenters. The minimum Gasteiger partial charge on any atom is -0.497 e. The lowest BCUT2D eigenvalue weighted by molar-refractivity contribution is -0.140. The molecule has 0 aliphatic carbocycles. The van der Waals surface area contributed by atoms with Crippen LogP contribution in [0.1, 0.15) is 37.0 Å². The van der Waals surface area contributed by atoms with Crippen LogP contribution < -0.4 is 19.1 Å². The zero-order valence-corrected chi connectivity index (χ0v) is 30.3. The Morgan fingerprint density at radius 1 is 0.875 bits per heavy atom. The van der Waals surface area contributed by atoms with Gasteiger partial charge in [-0.15, -0.1) is 0 Å². The molecule has 254 valence electrons. The summed E-state index contributed by atoms with van der Waals surface area (Å²) in [5.74, 6) is -0.296. The van der Waals surface area contributed by atoms with Crippen molar-refractivity contribution in [2.75, 3.05) is 25.1 Å². The molecule has 11 heteroatoms. The first-order valence-electron chi connectivity index (χ1n) is 15.7. The number of aryl methyl sites for hydroxylation is 1. The van der Waals surface area contributed by atoms with Gasteiger partial charge in [0.1, 0.15) is 24.1 Å². The first-order chi connectivity index (χ1) is 23.0. The van der Waals surface area contributed by atoms with E-state index in [4.69, 9.17) is 9.47 Å². The van der Waals surface area contributed by atoms with Gasteiger partial charge in [0.25, 0.3) is 10.0 Å². The van der Waals surface area contributed by atoms with Crippen molar-refractivity contribution in [3.63, 3.8) is 0 Å². The number of nitrogens with zero attached hydrogens (tertiary/aromatic N) is 2. The number of amides is 2. The number of hydrogen-bond donors (Lipinski definition) is 1. The molecule has 0 bridgehead atoms. The summed E-state index contributed by atoms with van der Waals surface area (Å²) < 4.78 is 41.7. The largest absolute Gasteiger partial charge is 0.497 e. The van der Waals surface area contributed by atoms with Gasteiger partial charge in [0.2, 0.25) is 11.8 Å². The summed E-state index contributed by atoms with van der Waals surface area (Å²) in [6.45, 7) is 5.17. The molecule has 0 heterocycles. The number of halogens is 1. The Morgan fingerprint density at radius 3 is 2.19 bits per heavy atom. The van der Waals surface area contributed by atoms with Crippen LogP contribution in [-0.2, 0) is 32.6 Å². The topological polar surface area (TPSA) is 105 Å². The minimum absolute atomic E-state index is 0.000313. The minimum atomic E-state index is -4.32. The molecular formula is C37H42BrN3O6S. The Kier molecular flexibility index (Phi) is 12.7. The summed E-state index contributed by atoms with van der Waals surface area (Å²) in [6.07, 6.45) is 0.914. The molecule has 0 spiro atoms. The van der Waals surface area contributed by atoms with Crippen LogP contribution in [0.25, 0.3) is 0 Å².